The molecule has 0 aliphatic rings. The average molecular weight is 402 g/mol. The van der Waals surface area contributed by atoms with E-state index >= 15 is 0 Å². The Kier molecular flexibility index (Phi) is 5.27. The molecule has 2 rings (SSSR count). The van der Waals surface area contributed by atoms with Gasteiger partial charge in [-0.3, -0.25) is 5.10 Å². The summed E-state index contributed by atoms with van der Waals surface area (Å²) in [7, 11) is -6.59. The van der Waals surface area contributed by atoms with Crippen LogP contribution in [-0.4, -0.2) is 46.4 Å². The van der Waals surface area contributed by atoms with Crippen LogP contribution in [0.3, 0.4) is 0 Å². The number of aromatic amines is 1. The standard InChI is InChI=1S/C11H13F3N4O5S2/c1-15-24(19,20)5-4-16-25(21,22)10-3-2-8(23-10)7-6-9(18-17-7)11(12,13)14/h2-3,6,15-16H,4-5H2,1H3,(H,17,18). The third-order valence-electron chi connectivity index (χ3n) is 2.96. The van der Waals surface area contributed by atoms with Gasteiger partial charge < -0.3 is 4.42 Å². The molecule has 0 amide bonds. The van der Waals surface area contributed by atoms with E-state index in [1.54, 1.807) is 5.10 Å². The number of H-pyrrole nitrogens is 1. The number of alkyl halides is 3. The molecule has 0 fully saturated rings. The Bertz CT molecular complexity index is 947. The molecular weight excluding hydrogens is 389 g/mol. The second kappa shape index (κ2) is 6.78. The van der Waals surface area contributed by atoms with Crippen molar-refractivity contribution in [1.82, 2.24) is 19.6 Å². The molecule has 0 spiro atoms. The van der Waals surface area contributed by atoms with Crippen LogP contribution in [0, 0.1) is 0 Å². The van der Waals surface area contributed by atoms with E-state index in [0.29, 0.717) is 6.07 Å². The summed E-state index contributed by atoms with van der Waals surface area (Å²) >= 11 is 0. The first-order valence-corrected chi connectivity index (χ1v) is 9.72. The smallest absolute Gasteiger partial charge is 0.432 e. The number of hydrogen-bond donors (Lipinski definition) is 3. The Morgan fingerprint density at radius 2 is 1.92 bits per heavy atom. The Labute approximate surface area is 140 Å². The highest BCUT2D eigenvalue weighted by molar-refractivity contribution is 7.90. The van der Waals surface area contributed by atoms with E-state index < -0.39 is 49.3 Å². The first-order chi connectivity index (χ1) is 11.4. The van der Waals surface area contributed by atoms with Gasteiger partial charge in [-0.1, -0.05) is 0 Å². The van der Waals surface area contributed by atoms with Gasteiger partial charge in [-0.15, -0.1) is 0 Å². The van der Waals surface area contributed by atoms with Gasteiger partial charge in [0.25, 0.3) is 10.0 Å². The van der Waals surface area contributed by atoms with Crippen molar-refractivity contribution < 1.29 is 34.4 Å². The molecule has 140 valence electrons. The number of aromatic nitrogens is 2. The fourth-order valence-electron chi connectivity index (χ4n) is 1.68. The topological polar surface area (TPSA) is 134 Å². The number of rotatable bonds is 7. The number of nitrogens with zero attached hydrogens (tertiary/aromatic N) is 1. The van der Waals surface area contributed by atoms with Gasteiger partial charge >= 0.3 is 6.18 Å². The monoisotopic (exact) mass is 402 g/mol. The van der Waals surface area contributed by atoms with Gasteiger partial charge in [0.1, 0.15) is 11.4 Å². The number of sulfonamides is 2. The highest BCUT2D eigenvalue weighted by Crippen LogP contribution is 2.31. The zero-order valence-electron chi connectivity index (χ0n) is 12.6. The summed E-state index contributed by atoms with van der Waals surface area (Å²) in [4.78, 5) is 0. The van der Waals surface area contributed by atoms with Crippen LogP contribution in [0.4, 0.5) is 13.2 Å². The molecule has 0 aromatic carbocycles. The minimum Gasteiger partial charge on any atom is -0.442 e. The molecular formula is C11H13F3N4O5S2. The second-order valence-electron chi connectivity index (χ2n) is 4.70. The molecule has 25 heavy (non-hydrogen) atoms. The van der Waals surface area contributed by atoms with Crippen molar-refractivity contribution in [2.75, 3.05) is 19.3 Å². The molecule has 0 saturated carbocycles. The maximum atomic E-state index is 12.5. The summed E-state index contributed by atoms with van der Waals surface area (Å²) in [6, 6.07) is 2.82. The van der Waals surface area contributed by atoms with Gasteiger partial charge in [0.2, 0.25) is 15.1 Å². The molecule has 0 unspecified atom stereocenters. The lowest BCUT2D eigenvalue weighted by atomic mass is 10.3. The zero-order valence-corrected chi connectivity index (χ0v) is 14.2. The third-order valence-corrected chi connectivity index (χ3v) is 5.65. The quantitative estimate of drug-likeness (QED) is 0.618. The van der Waals surface area contributed by atoms with Crippen LogP contribution in [0.1, 0.15) is 5.69 Å². The lowest BCUT2D eigenvalue weighted by Crippen LogP contribution is -2.32. The summed E-state index contributed by atoms with van der Waals surface area (Å²) in [5.41, 5.74) is -1.34. The lowest BCUT2D eigenvalue weighted by Gasteiger charge is -2.04. The number of halogens is 3. The second-order valence-corrected chi connectivity index (χ2v) is 8.45. The Morgan fingerprint density at radius 1 is 1.24 bits per heavy atom. The summed E-state index contributed by atoms with van der Waals surface area (Å²) in [5, 5.41) is 4.61. The molecule has 0 saturated heterocycles. The average Bonchev–Trinajstić information content (AvgIpc) is 3.15. The van der Waals surface area contributed by atoms with Gasteiger partial charge in [-0.25, -0.2) is 26.3 Å². The highest BCUT2D eigenvalue weighted by Gasteiger charge is 2.33. The van der Waals surface area contributed by atoms with Gasteiger partial charge in [0.15, 0.2) is 5.76 Å². The molecule has 0 aliphatic carbocycles. The van der Waals surface area contributed by atoms with E-state index in [1.165, 1.54) is 7.05 Å². The lowest BCUT2D eigenvalue weighted by molar-refractivity contribution is -0.141. The third kappa shape index (κ3) is 4.81. The van der Waals surface area contributed by atoms with Crippen molar-refractivity contribution in [1.29, 1.82) is 0 Å². The first kappa shape index (κ1) is 19.4. The van der Waals surface area contributed by atoms with Crippen LogP contribution >= 0.6 is 0 Å². The van der Waals surface area contributed by atoms with E-state index in [1.807, 2.05) is 9.44 Å². The molecule has 0 atom stereocenters. The van der Waals surface area contributed by atoms with E-state index in [-0.39, 0.29) is 11.5 Å². The Balaban J connectivity index is 2.13. The van der Waals surface area contributed by atoms with Crippen molar-refractivity contribution in [2.24, 2.45) is 0 Å². The van der Waals surface area contributed by atoms with Gasteiger partial charge in [-0.2, -0.15) is 18.3 Å². The fraction of sp³-hybridized carbons (Fsp3) is 0.364. The maximum Gasteiger partial charge on any atom is 0.432 e. The molecule has 3 N–H and O–H groups in total. The molecule has 2 aromatic rings. The van der Waals surface area contributed by atoms with E-state index in [2.05, 4.69) is 5.10 Å². The van der Waals surface area contributed by atoms with E-state index in [0.717, 1.165) is 12.1 Å². The summed E-state index contributed by atoms with van der Waals surface area (Å²) in [6.45, 7) is -0.415. The minimum absolute atomic E-state index is 0.199. The van der Waals surface area contributed by atoms with Crippen LogP contribution in [0.15, 0.2) is 27.7 Å². The Hall–Kier alpha value is -1.90. The summed E-state index contributed by atoms with van der Waals surface area (Å²) in [5.74, 6) is -0.695. The largest absolute Gasteiger partial charge is 0.442 e. The molecule has 14 heteroatoms. The van der Waals surface area contributed by atoms with E-state index in [4.69, 9.17) is 4.42 Å². The number of nitrogens with one attached hydrogen (secondary N) is 3. The van der Waals surface area contributed by atoms with Gasteiger partial charge in [0.05, 0.1) is 5.75 Å². The zero-order chi connectivity index (χ0) is 18.9. The van der Waals surface area contributed by atoms with Crippen LogP contribution in [0.25, 0.3) is 11.5 Å². The van der Waals surface area contributed by atoms with E-state index in [9.17, 15) is 30.0 Å². The number of furan rings is 1. The molecule has 0 aliphatic heterocycles. The fourth-order valence-corrected chi connectivity index (χ4v) is 3.34. The molecule has 9 nitrogen and oxygen atoms in total. The SMILES string of the molecule is CNS(=O)(=O)CCNS(=O)(=O)c1ccc(-c2cc(C(F)(F)F)[nH]n2)o1. The van der Waals surface area contributed by atoms with Crippen molar-refractivity contribution in [3.63, 3.8) is 0 Å². The minimum atomic E-state index is -4.63. The van der Waals surface area contributed by atoms with Crippen LogP contribution in [-0.2, 0) is 26.2 Å². The van der Waals surface area contributed by atoms with Crippen LogP contribution in [0.2, 0.25) is 0 Å². The summed E-state index contributed by atoms with van der Waals surface area (Å²) in [6.07, 6.45) is -4.63. The van der Waals surface area contributed by atoms with Crippen LogP contribution < -0.4 is 9.44 Å². The van der Waals surface area contributed by atoms with Crippen molar-refractivity contribution >= 4 is 20.0 Å². The van der Waals surface area contributed by atoms with Crippen molar-refractivity contribution in [2.45, 2.75) is 11.3 Å². The first-order valence-electron chi connectivity index (χ1n) is 6.58. The Morgan fingerprint density at radius 3 is 2.48 bits per heavy atom. The molecule has 0 radical (unpaired) electrons. The normalized spacial score (nSPS) is 13.3. The molecule has 0 bridgehead atoms. The number of hydrogen-bond acceptors (Lipinski definition) is 6. The highest BCUT2D eigenvalue weighted by atomic mass is 32.2. The van der Waals surface area contributed by atoms with Crippen molar-refractivity contribution in [3.05, 3.63) is 23.9 Å². The van der Waals surface area contributed by atoms with Crippen LogP contribution in [0.5, 0.6) is 0 Å². The summed E-state index contributed by atoms with van der Waals surface area (Å²) < 4.78 is 93.0. The van der Waals surface area contributed by atoms with Gasteiger partial charge in [-0.05, 0) is 25.2 Å². The molecule has 2 aromatic heterocycles. The predicted molar refractivity (Wildman–Crippen MR) is 79.3 cm³/mol. The van der Waals surface area contributed by atoms with Gasteiger partial charge in [0, 0.05) is 6.54 Å². The predicted octanol–water partition coefficient (Wildman–Crippen LogP) is 0.516. The molecule has 2 heterocycles. The van der Waals surface area contributed by atoms with Crippen molar-refractivity contribution in [3.8, 4) is 11.5 Å². The maximum absolute atomic E-state index is 12.5.